The number of nitrogens with zero attached hydrogens (tertiary/aromatic N) is 3. The van der Waals surface area contributed by atoms with Gasteiger partial charge in [0.05, 0.1) is 11.1 Å². The largest absolute Gasteiger partial charge is 0.356 e. The lowest BCUT2D eigenvalue weighted by molar-refractivity contribution is 0.0993. The average Bonchev–Trinajstić information content (AvgIpc) is 3.31. The number of aromatic nitrogens is 1. The first-order valence-electron chi connectivity index (χ1n) is 10.1. The van der Waals surface area contributed by atoms with E-state index in [0.29, 0.717) is 5.56 Å². The number of carbonyl (C=O) groups is 1. The molecular weight excluding hydrogens is 358 g/mol. The fourth-order valence-electron chi connectivity index (χ4n) is 4.12. The molecule has 1 aromatic heterocycles. The predicted octanol–water partition coefficient (Wildman–Crippen LogP) is 5.26. The highest BCUT2D eigenvalue weighted by Gasteiger charge is 2.24. The summed E-state index contributed by atoms with van der Waals surface area (Å²) in [4.78, 5) is 22.4. The fourth-order valence-corrected chi connectivity index (χ4v) is 4.12. The molecule has 0 spiro atoms. The number of para-hydroxylation sites is 1. The molecule has 4 nitrogen and oxygen atoms in total. The number of benzene rings is 3. The maximum Gasteiger partial charge on any atom is 0.261 e. The Morgan fingerprint density at radius 2 is 1.55 bits per heavy atom. The van der Waals surface area contributed by atoms with Gasteiger partial charge in [0.1, 0.15) is 5.82 Å². The molecule has 1 fully saturated rings. The second-order valence-corrected chi connectivity index (χ2v) is 7.64. The molecule has 0 N–H and O–H groups in total. The molecule has 1 saturated heterocycles. The van der Waals surface area contributed by atoms with Crippen molar-refractivity contribution in [2.75, 3.05) is 29.9 Å². The highest BCUT2D eigenvalue weighted by Crippen LogP contribution is 2.29. The number of pyridine rings is 1. The SMILES string of the molecule is CN(C(=O)c1cc2ccccc2nc1N1CCCC1)c1ccc2ccccc2c1. The average molecular weight is 381 g/mol. The number of hydrogen-bond acceptors (Lipinski definition) is 3. The monoisotopic (exact) mass is 381 g/mol. The van der Waals surface area contributed by atoms with Gasteiger partial charge in [0.2, 0.25) is 0 Å². The van der Waals surface area contributed by atoms with E-state index in [1.807, 2.05) is 55.6 Å². The predicted molar refractivity (Wildman–Crippen MR) is 120 cm³/mol. The third-order valence-electron chi connectivity index (χ3n) is 5.76. The van der Waals surface area contributed by atoms with Gasteiger partial charge in [0, 0.05) is 31.2 Å². The molecule has 1 aliphatic rings. The molecule has 0 radical (unpaired) electrons. The number of fused-ring (bicyclic) bond motifs is 2. The Bertz CT molecular complexity index is 1210. The summed E-state index contributed by atoms with van der Waals surface area (Å²) in [5, 5.41) is 3.29. The van der Waals surface area contributed by atoms with Gasteiger partial charge in [-0.2, -0.15) is 0 Å². The van der Waals surface area contributed by atoms with E-state index in [4.69, 9.17) is 4.98 Å². The lowest BCUT2D eigenvalue weighted by Crippen LogP contribution is -2.30. The van der Waals surface area contributed by atoms with Crippen LogP contribution in [-0.4, -0.2) is 31.0 Å². The zero-order valence-corrected chi connectivity index (χ0v) is 16.5. The zero-order valence-electron chi connectivity index (χ0n) is 16.5. The van der Waals surface area contributed by atoms with Crippen LogP contribution >= 0.6 is 0 Å². The van der Waals surface area contributed by atoms with Crippen LogP contribution in [0.2, 0.25) is 0 Å². The van der Waals surface area contributed by atoms with Gasteiger partial charge in [0.15, 0.2) is 0 Å². The number of carbonyl (C=O) groups excluding carboxylic acids is 1. The van der Waals surface area contributed by atoms with Crippen LogP contribution < -0.4 is 9.80 Å². The number of rotatable bonds is 3. The Hall–Kier alpha value is -3.40. The molecule has 29 heavy (non-hydrogen) atoms. The highest BCUT2D eigenvalue weighted by atomic mass is 16.2. The second kappa shape index (κ2) is 7.21. The van der Waals surface area contributed by atoms with Crippen molar-refractivity contribution >= 4 is 39.1 Å². The number of anilines is 2. The van der Waals surface area contributed by atoms with Crippen molar-refractivity contribution in [3.8, 4) is 0 Å². The molecular formula is C25H23N3O. The van der Waals surface area contributed by atoms with Gasteiger partial charge in [-0.1, -0.05) is 48.5 Å². The lowest BCUT2D eigenvalue weighted by Gasteiger charge is -2.24. The van der Waals surface area contributed by atoms with E-state index in [2.05, 4.69) is 29.2 Å². The molecule has 0 saturated carbocycles. The van der Waals surface area contributed by atoms with Crippen molar-refractivity contribution in [2.45, 2.75) is 12.8 Å². The van der Waals surface area contributed by atoms with Gasteiger partial charge in [-0.25, -0.2) is 4.98 Å². The summed E-state index contributed by atoms with van der Waals surface area (Å²) in [5.41, 5.74) is 2.48. The van der Waals surface area contributed by atoms with Gasteiger partial charge in [0.25, 0.3) is 5.91 Å². The summed E-state index contributed by atoms with van der Waals surface area (Å²) in [6.45, 7) is 1.90. The van der Waals surface area contributed by atoms with E-state index in [9.17, 15) is 4.79 Å². The topological polar surface area (TPSA) is 36.4 Å². The maximum absolute atomic E-state index is 13.6. The molecule has 0 atom stereocenters. The van der Waals surface area contributed by atoms with E-state index in [1.54, 1.807) is 4.90 Å². The molecule has 3 aromatic carbocycles. The van der Waals surface area contributed by atoms with Crippen LogP contribution in [0.25, 0.3) is 21.7 Å². The number of amides is 1. The van der Waals surface area contributed by atoms with E-state index < -0.39 is 0 Å². The first-order valence-corrected chi connectivity index (χ1v) is 10.1. The standard InChI is InChI=1S/C25H23N3O/c1-27(21-13-12-18-8-2-3-9-19(18)16-21)25(29)22-17-20-10-4-5-11-23(20)26-24(22)28-14-6-7-15-28/h2-5,8-13,16-17H,6-7,14-15H2,1H3. The van der Waals surface area contributed by atoms with Crippen LogP contribution in [0.5, 0.6) is 0 Å². The van der Waals surface area contributed by atoms with Crippen LogP contribution in [0.3, 0.4) is 0 Å². The zero-order chi connectivity index (χ0) is 19.8. The third kappa shape index (κ3) is 3.21. The van der Waals surface area contributed by atoms with Crippen molar-refractivity contribution in [3.05, 3.63) is 78.4 Å². The Labute approximate surface area is 170 Å². The highest BCUT2D eigenvalue weighted by molar-refractivity contribution is 6.11. The van der Waals surface area contributed by atoms with Crippen LogP contribution in [0.1, 0.15) is 23.2 Å². The fraction of sp³-hybridized carbons (Fsp3) is 0.200. The summed E-state index contributed by atoms with van der Waals surface area (Å²) in [6, 6.07) is 24.3. The molecule has 0 unspecified atom stereocenters. The normalized spacial score (nSPS) is 13.9. The van der Waals surface area contributed by atoms with Gasteiger partial charge < -0.3 is 9.80 Å². The summed E-state index contributed by atoms with van der Waals surface area (Å²) in [7, 11) is 1.84. The van der Waals surface area contributed by atoms with E-state index in [1.165, 1.54) is 5.39 Å². The van der Waals surface area contributed by atoms with Gasteiger partial charge in [-0.15, -0.1) is 0 Å². The minimum absolute atomic E-state index is 0.0274. The van der Waals surface area contributed by atoms with Crippen molar-refractivity contribution in [2.24, 2.45) is 0 Å². The molecule has 0 aliphatic carbocycles. The Morgan fingerprint density at radius 3 is 2.34 bits per heavy atom. The van der Waals surface area contributed by atoms with E-state index >= 15 is 0 Å². The minimum Gasteiger partial charge on any atom is -0.356 e. The summed E-state index contributed by atoms with van der Waals surface area (Å²) < 4.78 is 0. The van der Waals surface area contributed by atoms with Crippen molar-refractivity contribution in [3.63, 3.8) is 0 Å². The van der Waals surface area contributed by atoms with Crippen LogP contribution in [0.4, 0.5) is 11.5 Å². The molecule has 4 heteroatoms. The molecule has 144 valence electrons. The molecule has 1 aliphatic heterocycles. The van der Waals surface area contributed by atoms with Gasteiger partial charge in [-0.05, 0) is 47.9 Å². The minimum atomic E-state index is -0.0274. The second-order valence-electron chi connectivity index (χ2n) is 7.64. The Balaban J connectivity index is 1.59. The van der Waals surface area contributed by atoms with Gasteiger partial charge >= 0.3 is 0 Å². The number of hydrogen-bond donors (Lipinski definition) is 0. The van der Waals surface area contributed by atoms with Crippen LogP contribution in [0, 0.1) is 0 Å². The van der Waals surface area contributed by atoms with Crippen molar-refractivity contribution in [1.82, 2.24) is 4.98 Å². The quantitative estimate of drug-likeness (QED) is 0.485. The Morgan fingerprint density at radius 1 is 0.862 bits per heavy atom. The van der Waals surface area contributed by atoms with Gasteiger partial charge in [-0.3, -0.25) is 4.79 Å². The third-order valence-corrected chi connectivity index (χ3v) is 5.76. The summed E-state index contributed by atoms with van der Waals surface area (Å²) in [6.07, 6.45) is 2.28. The first-order chi connectivity index (χ1) is 14.2. The molecule has 1 amide bonds. The van der Waals surface area contributed by atoms with Crippen molar-refractivity contribution in [1.29, 1.82) is 0 Å². The molecule has 2 heterocycles. The van der Waals surface area contributed by atoms with Crippen LogP contribution in [-0.2, 0) is 0 Å². The van der Waals surface area contributed by atoms with Crippen molar-refractivity contribution < 1.29 is 4.79 Å². The van der Waals surface area contributed by atoms with Crippen LogP contribution in [0.15, 0.2) is 72.8 Å². The summed E-state index contributed by atoms with van der Waals surface area (Å²) >= 11 is 0. The smallest absolute Gasteiger partial charge is 0.261 e. The molecule has 0 bridgehead atoms. The molecule has 5 rings (SSSR count). The summed E-state index contributed by atoms with van der Waals surface area (Å²) in [5.74, 6) is 0.777. The van der Waals surface area contributed by atoms with E-state index in [0.717, 1.165) is 53.7 Å². The first kappa shape index (κ1) is 17.7. The van der Waals surface area contributed by atoms with E-state index in [-0.39, 0.29) is 5.91 Å². The lowest BCUT2D eigenvalue weighted by atomic mass is 10.1. The Kier molecular flexibility index (Phi) is 4.39. The maximum atomic E-state index is 13.6. The molecule has 4 aromatic rings.